The average molecular weight is 240 g/mol. The van der Waals surface area contributed by atoms with Gasteiger partial charge in [0, 0.05) is 0 Å². The van der Waals surface area contributed by atoms with E-state index in [1.807, 2.05) is 42.5 Å². The minimum Gasteiger partial charge on any atom is -0.497 e. The molecule has 92 valence electrons. The molecule has 0 saturated carbocycles. The fraction of sp³-hybridized carbons (Fsp3) is 0.133. The summed E-state index contributed by atoms with van der Waals surface area (Å²) in [7, 11) is 1.66. The first-order valence-corrected chi connectivity index (χ1v) is 5.78. The van der Waals surface area contributed by atoms with Gasteiger partial charge in [-0.2, -0.15) is 5.10 Å². The van der Waals surface area contributed by atoms with Crippen LogP contribution in [0.15, 0.2) is 53.6 Å². The van der Waals surface area contributed by atoms with Crippen molar-refractivity contribution >= 4 is 11.9 Å². The van der Waals surface area contributed by atoms with Crippen LogP contribution in [0.1, 0.15) is 11.1 Å². The lowest BCUT2D eigenvalue weighted by Gasteiger charge is -2.01. The van der Waals surface area contributed by atoms with Crippen LogP contribution in [0.4, 0.5) is 5.69 Å². The van der Waals surface area contributed by atoms with Gasteiger partial charge in [0.1, 0.15) is 5.75 Å². The molecule has 0 aliphatic rings. The van der Waals surface area contributed by atoms with Crippen molar-refractivity contribution in [3.63, 3.8) is 0 Å². The number of nitrogens with one attached hydrogen (secondary N) is 1. The highest BCUT2D eigenvalue weighted by Crippen LogP contribution is 2.11. The van der Waals surface area contributed by atoms with Crippen LogP contribution in [-0.2, 0) is 0 Å². The highest BCUT2D eigenvalue weighted by atomic mass is 16.5. The van der Waals surface area contributed by atoms with E-state index in [0.29, 0.717) is 0 Å². The van der Waals surface area contributed by atoms with E-state index < -0.39 is 0 Å². The molecule has 0 heterocycles. The van der Waals surface area contributed by atoms with Gasteiger partial charge < -0.3 is 4.74 Å². The van der Waals surface area contributed by atoms with Gasteiger partial charge in [-0.1, -0.05) is 12.1 Å². The van der Waals surface area contributed by atoms with Gasteiger partial charge in [-0.3, -0.25) is 5.43 Å². The Hall–Kier alpha value is -2.29. The lowest BCUT2D eigenvalue weighted by molar-refractivity contribution is 0.415. The standard InChI is InChI=1S/C15H16N2O/c1-12-4-3-5-14(10-12)17-16-11-13-6-8-15(18-2)9-7-13/h3-11,17H,1-2H3/b16-11-. The third-order valence-corrected chi connectivity index (χ3v) is 2.54. The summed E-state index contributed by atoms with van der Waals surface area (Å²) in [5.41, 5.74) is 6.22. The van der Waals surface area contributed by atoms with Crippen molar-refractivity contribution in [3.05, 3.63) is 59.7 Å². The van der Waals surface area contributed by atoms with Crippen molar-refractivity contribution in [3.8, 4) is 5.75 Å². The van der Waals surface area contributed by atoms with Crippen LogP contribution in [0.25, 0.3) is 0 Å². The minimum atomic E-state index is 0.846. The average Bonchev–Trinajstić information content (AvgIpc) is 2.40. The lowest BCUT2D eigenvalue weighted by Crippen LogP contribution is -1.91. The third kappa shape index (κ3) is 3.35. The number of hydrazone groups is 1. The molecular formula is C15H16N2O. The fourth-order valence-corrected chi connectivity index (χ4v) is 1.59. The number of benzene rings is 2. The van der Waals surface area contributed by atoms with E-state index in [2.05, 4.69) is 23.5 Å². The zero-order chi connectivity index (χ0) is 12.8. The van der Waals surface area contributed by atoms with Crippen LogP contribution in [0, 0.1) is 6.92 Å². The van der Waals surface area contributed by atoms with E-state index in [1.165, 1.54) is 5.56 Å². The van der Waals surface area contributed by atoms with Crippen LogP contribution >= 0.6 is 0 Å². The molecule has 0 bridgehead atoms. The van der Waals surface area contributed by atoms with Crippen LogP contribution in [0.3, 0.4) is 0 Å². The maximum Gasteiger partial charge on any atom is 0.118 e. The summed E-state index contributed by atoms with van der Waals surface area (Å²) in [6.45, 7) is 2.05. The molecule has 0 saturated heterocycles. The van der Waals surface area contributed by atoms with Crippen molar-refractivity contribution in [1.29, 1.82) is 0 Å². The maximum atomic E-state index is 5.10. The zero-order valence-electron chi connectivity index (χ0n) is 10.6. The molecule has 18 heavy (non-hydrogen) atoms. The van der Waals surface area contributed by atoms with Gasteiger partial charge in [-0.15, -0.1) is 0 Å². The van der Waals surface area contributed by atoms with E-state index in [4.69, 9.17) is 4.74 Å². The summed E-state index contributed by atoms with van der Waals surface area (Å²) < 4.78 is 5.10. The molecule has 0 atom stereocenters. The summed E-state index contributed by atoms with van der Waals surface area (Å²) in [5, 5.41) is 4.19. The Morgan fingerprint density at radius 1 is 1.11 bits per heavy atom. The van der Waals surface area contributed by atoms with Crippen LogP contribution in [0.5, 0.6) is 5.75 Å². The highest BCUT2D eigenvalue weighted by molar-refractivity contribution is 5.80. The van der Waals surface area contributed by atoms with Gasteiger partial charge in [0.05, 0.1) is 19.0 Å². The molecule has 0 fully saturated rings. The zero-order valence-corrected chi connectivity index (χ0v) is 10.6. The predicted molar refractivity (Wildman–Crippen MR) is 75.4 cm³/mol. The lowest BCUT2D eigenvalue weighted by atomic mass is 10.2. The molecule has 2 rings (SSSR count). The van der Waals surface area contributed by atoms with Gasteiger partial charge in [-0.05, 0) is 54.4 Å². The minimum absolute atomic E-state index is 0.846. The summed E-state index contributed by atoms with van der Waals surface area (Å²) >= 11 is 0. The normalized spacial score (nSPS) is 10.6. The largest absolute Gasteiger partial charge is 0.497 e. The number of anilines is 1. The van der Waals surface area contributed by atoms with Crippen molar-refractivity contribution in [1.82, 2.24) is 0 Å². The molecule has 0 aromatic heterocycles. The Bertz CT molecular complexity index is 532. The quantitative estimate of drug-likeness (QED) is 0.656. The molecule has 0 spiro atoms. The first-order chi connectivity index (χ1) is 8.78. The molecule has 0 aliphatic heterocycles. The molecule has 3 heteroatoms. The smallest absolute Gasteiger partial charge is 0.118 e. The van der Waals surface area contributed by atoms with Gasteiger partial charge >= 0.3 is 0 Å². The number of aryl methyl sites for hydroxylation is 1. The van der Waals surface area contributed by atoms with Crippen molar-refractivity contribution in [2.45, 2.75) is 6.92 Å². The molecule has 2 aromatic carbocycles. The second-order valence-corrected chi connectivity index (χ2v) is 4.01. The molecule has 2 aromatic rings. The molecular weight excluding hydrogens is 224 g/mol. The monoisotopic (exact) mass is 240 g/mol. The number of rotatable bonds is 4. The SMILES string of the molecule is COc1ccc(/C=N\Nc2cccc(C)c2)cc1. The van der Waals surface area contributed by atoms with Gasteiger partial charge in [-0.25, -0.2) is 0 Å². The van der Waals surface area contributed by atoms with E-state index >= 15 is 0 Å². The second-order valence-electron chi connectivity index (χ2n) is 4.01. The molecule has 1 N–H and O–H groups in total. The number of ether oxygens (including phenoxy) is 1. The van der Waals surface area contributed by atoms with Crippen LogP contribution < -0.4 is 10.2 Å². The Kier molecular flexibility index (Phi) is 3.97. The molecule has 0 unspecified atom stereocenters. The molecule has 0 aliphatic carbocycles. The second kappa shape index (κ2) is 5.87. The van der Waals surface area contributed by atoms with Crippen molar-refractivity contribution < 1.29 is 4.74 Å². The first kappa shape index (κ1) is 12.2. The molecule has 0 radical (unpaired) electrons. The molecule has 0 amide bonds. The van der Waals surface area contributed by atoms with E-state index in [0.717, 1.165) is 17.0 Å². The number of nitrogens with zero attached hydrogens (tertiary/aromatic N) is 1. The van der Waals surface area contributed by atoms with Crippen LogP contribution in [0.2, 0.25) is 0 Å². The molecule has 3 nitrogen and oxygen atoms in total. The van der Waals surface area contributed by atoms with Crippen LogP contribution in [-0.4, -0.2) is 13.3 Å². The topological polar surface area (TPSA) is 33.6 Å². The van der Waals surface area contributed by atoms with Gasteiger partial charge in [0.2, 0.25) is 0 Å². The highest BCUT2D eigenvalue weighted by Gasteiger charge is 1.91. The number of hydrogen-bond acceptors (Lipinski definition) is 3. The Labute approximate surface area is 107 Å². The van der Waals surface area contributed by atoms with Crippen molar-refractivity contribution in [2.24, 2.45) is 5.10 Å². The summed E-state index contributed by atoms with van der Waals surface area (Å²) in [5.74, 6) is 0.846. The first-order valence-electron chi connectivity index (χ1n) is 5.78. The van der Waals surface area contributed by atoms with Gasteiger partial charge in [0.25, 0.3) is 0 Å². The fourth-order valence-electron chi connectivity index (χ4n) is 1.59. The summed E-state index contributed by atoms with van der Waals surface area (Å²) in [6, 6.07) is 15.8. The van der Waals surface area contributed by atoms with E-state index in [1.54, 1.807) is 13.3 Å². The third-order valence-electron chi connectivity index (χ3n) is 2.54. The van der Waals surface area contributed by atoms with E-state index in [-0.39, 0.29) is 0 Å². The predicted octanol–water partition coefficient (Wildman–Crippen LogP) is 3.45. The maximum absolute atomic E-state index is 5.10. The number of hydrogen-bond donors (Lipinski definition) is 1. The summed E-state index contributed by atoms with van der Waals surface area (Å²) in [4.78, 5) is 0. The van der Waals surface area contributed by atoms with Crippen molar-refractivity contribution in [2.75, 3.05) is 12.5 Å². The van der Waals surface area contributed by atoms with Gasteiger partial charge in [0.15, 0.2) is 0 Å². The summed E-state index contributed by atoms with van der Waals surface area (Å²) in [6.07, 6.45) is 1.78. The Morgan fingerprint density at radius 3 is 2.56 bits per heavy atom. The van der Waals surface area contributed by atoms with E-state index in [9.17, 15) is 0 Å². The number of methoxy groups -OCH3 is 1. The Morgan fingerprint density at radius 2 is 1.89 bits per heavy atom. The Balaban J connectivity index is 1.98.